The van der Waals surface area contributed by atoms with Crippen LogP contribution in [0.15, 0.2) is 42.5 Å². The van der Waals surface area contributed by atoms with E-state index in [0.29, 0.717) is 38.2 Å². The predicted octanol–water partition coefficient (Wildman–Crippen LogP) is 4.18. The zero-order valence-electron chi connectivity index (χ0n) is 21.3. The topological polar surface area (TPSA) is 48.1 Å². The SMILES string of the molecule is COc1cccc(N2CCN3c4ccc(C(F)(F)F)cc4CC(C(=O)NCCN4CCCCC4)C3C2)c1. The lowest BCUT2D eigenvalue weighted by molar-refractivity contribution is -0.137. The number of rotatable bonds is 6. The van der Waals surface area contributed by atoms with E-state index in [4.69, 9.17) is 4.74 Å². The molecule has 2 saturated heterocycles. The highest BCUT2D eigenvalue weighted by atomic mass is 19.4. The molecule has 200 valence electrons. The third-order valence-electron chi connectivity index (χ3n) is 7.97. The first kappa shape index (κ1) is 25.7. The van der Waals surface area contributed by atoms with Crippen LogP contribution in [0.2, 0.25) is 0 Å². The Balaban J connectivity index is 1.37. The normalized spacial score (nSPS) is 22.3. The lowest BCUT2D eigenvalue weighted by Gasteiger charge is -2.49. The molecule has 3 aliphatic rings. The lowest BCUT2D eigenvalue weighted by atomic mass is 9.82. The number of anilines is 2. The van der Waals surface area contributed by atoms with Gasteiger partial charge in [0.15, 0.2) is 0 Å². The fourth-order valence-electron chi connectivity index (χ4n) is 5.99. The third-order valence-corrected chi connectivity index (χ3v) is 7.97. The quantitative estimate of drug-likeness (QED) is 0.624. The molecular formula is C28H35F3N4O2. The molecule has 2 atom stereocenters. The van der Waals surface area contributed by atoms with Crippen molar-refractivity contribution in [2.24, 2.45) is 5.92 Å². The molecule has 9 heteroatoms. The van der Waals surface area contributed by atoms with Gasteiger partial charge in [0, 0.05) is 50.2 Å². The summed E-state index contributed by atoms with van der Waals surface area (Å²) in [5.41, 5.74) is 1.75. The summed E-state index contributed by atoms with van der Waals surface area (Å²) in [6.07, 6.45) is -0.491. The van der Waals surface area contributed by atoms with Crippen LogP contribution in [0.5, 0.6) is 5.75 Å². The van der Waals surface area contributed by atoms with Gasteiger partial charge in [-0.1, -0.05) is 12.5 Å². The van der Waals surface area contributed by atoms with Crippen molar-refractivity contribution in [2.45, 2.75) is 37.9 Å². The molecule has 6 nitrogen and oxygen atoms in total. The molecule has 1 amide bonds. The number of alkyl halides is 3. The molecule has 1 N–H and O–H groups in total. The van der Waals surface area contributed by atoms with Crippen LogP contribution in [0.3, 0.4) is 0 Å². The molecule has 3 heterocycles. The molecule has 0 aliphatic carbocycles. The van der Waals surface area contributed by atoms with Gasteiger partial charge in [0.05, 0.1) is 24.6 Å². The highest BCUT2D eigenvalue weighted by molar-refractivity contribution is 5.82. The Morgan fingerprint density at radius 2 is 1.86 bits per heavy atom. The summed E-state index contributed by atoms with van der Waals surface area (Å²) in [6.45, 7) is 5.40. The first-order chi connectivity index (χ1) is 17.8. The minimum atomic E-state index is -4.41. The maximum Gasteiger partial charge on any atom is 0.416 e. The Labute approximate surface area is 216 Å². The van der Waals surface area contributed by atoms with E-state index in [0.717, 1.165) is 42.8 Å². The summed E-state index contributed by atoms with van der Waals surface area (Å²) < 4.78 is 45.8. The van der Waals surface area contributed by atoms with Gasteiger partial charge in [0.25, 0.3) is 0 Å². The Morgan fingerprint density at radius 1 is 1.05 bits per heavy atom. The van der Waals surface area contributed by atoms with Gasteiger partial charge in [0.2, 0.25) is 5.91 Å². The molecule has 5 rings (SSSR count). The molecule has 2 aromatic rings. The molecule has 2 fully saturated rings. The molecule has 37 heavy (non-hydrogen) atoms. The van der Waals surface area contributed by atoms with Gasteiger partial charge in [0.1, 0.15) is 5.75 Å². The first-order valence-corrected chi connectivity index (χ1v) is 13.2. The van der Waals surface area contributed by atoms with E-state index >= 15 is 0 Å². The Bertz CT molecular complexity index is 1100. The molecule has 2 aromatic carbocycles. The van der Waals surface area contributed by atoms with E-state index in [-0.39, 0.29) is 11.9 Å². The maximum atomic E-state index is 13.5. The number of hydrogen-bond acceptors (Lipinski definition) is 5. The number of methoxy groups -OCH3 is 1. The van der Waals surface area contributed by atoms with Gasteiger partial charge < -0.3 is 24.8 Å². The number of nitrogens with zero attached hydrogens (tertiary/aromatic N) is 3. The highest BCUT2D eigenvalue weighted by Crippen LogP contribution is 2.40. The second kappa shape index (κ2) is 10.8. The zero-order valence-corrected chi connectivity index (χ0v) is 21.3. The van der Waals surface area contributed by atoms with Crippen LogP contribution in [0.25, 0.3) is 0 Å². The highest BCUT2D eigenvalue weighted by Gasteiger charge is 2.42. The van der Waals surface area contributed by atoms with Gasteiger partial charge in [-0.15, -0.1) is 0 Å². The van der Waals surface area contributed by atoms with Crippen molar-refractivity contribution in [3.8, 4) is 5.75 Å². The summed E-state index contributed by atoms with van der Waals surface area (Å²) >= 11 is 0. The Hall–Kier alpha value is -2.94. The number of halogens is 3. The number of fused-ring (bicyclic) bond motifs is 3. The largest absolute Gasteiger partial charge is 0.497 e. The minimum Gasteiger partial charge on any atom is -0.497 e. The van der Waals surface area contributed by atoms with Crippen LogP contribution >= 0.6 is 0 Å². The van der Waals surface area contributed by atoms with Crippen molar-refractivity contribution >= 4 is 17.3 Å². The Morgan fingerprint density at radius 3 is 2.62 bits per heavy atom. The average Bonchev–Trinajstić information content (AvgIpc) is 2.92. The van der Waals surface area contributed by atoms with Gasteiger partial charge in [-0.05, 0) is 68.2 Å². The molecule has 0 bridgehead atoms. The van der Waals surface area contributed by atoms with E-state index in [1.807, 2.05) is 24.3 Å². The number of piperidine rings is 1. The van der Waals surface area contributed by atoms with Gasteiger partial charge in [-0.25, -0.2) is 0 Å². The lowest BCUT2D eigenvalue weighted by Crippen LogP contribution is -2.61. The molecular weight excluding hydrogens is 481 g/mol. The smallest absolute Gasteiger partial charge is 0.416 e. The summed E-state index contributed by atoms with van der Waals surface area (Å²) in [5.74, 6) is 0.244. The van der Waals surface area contributed by atoms with Crippen LogP contribution in [0.1, 0.15) is 30.4 Å². The second-order valence-electron chi connectivity index (χ2n) is 10.3. The van der Waals surface area contributed by atoms with Crippen LogP contribution in [-0.4, -0.2) is 69.8 Å². The number of piperazine rings is 1. The minimum absolute atomic E-state index is 0.0810. The fourth-order valence-corrected chi connectivity index (χ4v) is 5.99. The standard InChI is InChI=1S/C28H35F3N4O2/c1-37-23-7-5-6-22(18-23)34-14-15-35-25-9-8-21(28(29,30)31)16-20(25)17-24(26(35)19-34)27(36)32-10-13-33-11-3-2-4-12-33/h5-9,16,18,24,26H,2-4,10-15,17,19H2,1H3,(H,32,36). The van der Waals surface area contributed by atoms with E-state index in [1.54, 1.807) is 13.2 Å². The molecule has 2 unspecified atom stereocenters. The second-order valence-corrected chi connectivity index (χ2v) is 10.3. The number of carbonyl (C=O) groups excluding carboxylic acids is 1. The Kier molecular flexibility index (Phi) is 7.51. The number of amides is 1. The van der Waals surface area contributed by atoms with Crippen LogP contribution < -0.4 is 19.9 Å². The summed E-state index contributed by atoms with van der Waals surface area (Å²) in [6, 6.07) is 11.7. The zero-order chi connectivity index (χ0) is 26.0. The van der Waals surface area contributed by atoms with Gasteiger partial charge in [-0.3, -0.25) is 4.79 Å². The van der Waals surface area contributed by atoms with Crippen molar-refractivity contribution in [3.63, 3.8) is 0 Å². The van der Waals surface area contributed by atoms with E-state index in [2.05, 4.69) is 20.0 Å². The monoisotopic (exact) mass is 516 g/mol. The summed E-state index contributed by atoms with van der Waals surface area (Å²) in [4.78, 5) is 20.3. The van der Waals surface area contributed by atoms with E-state index in [1.165, 1.54) is 25.3 Å². The number of benzene rings is 2. The van der Waals surface area contributed by atoms with Crippen LogP contribution in [-0.2, 0) is 17.4 Å². The molecule has 0 aromatic heterocycles. The van der Waals surface area contributed by atoms with Crippen molar-refractivity contribution in [1.29, 1.82) is 0 Å². The molecule has 3 aliphatic heterocycles. The number of ether oxygens (including phenoxy) is 1. The third kappa shape index (κ3) is 5.66. The molecule has 0 radical (unpaired) electrons. The summed E-state index contributed by atoms with van der Waals surface area (Å²) in [7, 11) is 1.63. The summed E-state index contributed by atoms with van der Waals surface area (Å²) in [5, 5.41) is 3.11. The molecule has 0 saturated carbocycles. The number of carbonyl (C=O) groups is 1. The van der Waals surface area contributed by atoms with E-state index in [9.17, 15) is 18.0 Å². The number of hydrogen-bond donors (Lipinski definition) is 1. The van der Waals surface area contributed by atoms with Crippen LogP contribution in [0.4, 0.5) is 24.5 Å². The average molecular weight is 517 g/mol. The van der Waals surface area contributed by atoms with Crippen LogP contribution in [0, 0.1) is 5.92 Å². The number of likely N-dealkylation sites (tertiary alicyclic amines) is 1. The maximum absolute atomic E-state index is 13.5. The van der Waals surface area contributed by atoms with Gasteiger partial charge >= 0.3 is 6.18 Å². The van der Waals surface area contributed by atoms with Crippen molar-refractivity contribution in [2.75, 3.05) is 62.7 Å². The van der Waals surface area contributed by atoms with Crippen molar-refractivity contribution < 1.29 is 22.7 Å². The number of nitrogens with one attached hydrogen (secondary N) is 1. The van der Waals surface area contributed by atoms with E-state index < -0.39 is 17.7 Å². The first-order valence-electron chi connectivity index (χ1n) is 13.2. The van der Waals surface area contributed by atoms with Crippen molar-refractivity contribution in [1.82, 2.24) is 10.2 Å². The van der Waals surface area contributed by atoms with Crippen molar-refractivity contribution in [3.05, 3.63) is 53.6 Å². The predicted molar refractivity (Wildman–Crippen MR) is 138 cm³/mol. The molecule has 0 spiro atoms. The van der Waals surface area contributed by atoms with Gasteiger partial charge in [-0.2, -0.15) is 13.2 Å². The fraction of sp³-hybridized carbons (Fsp3) is 0.536.